The monoisotopic (exact) mass is 524 g/mol. The number of phenolic OH excluding ortho intramolecular Hbond substituents is 2. The topological polar surface area (TPSA) is 65.2 Å². The van der Waals surface area contributed by atoms with Gasteiger partial charge in [-0.25, -0.2) is 4.99 Å². The first kappa shape index (κ1) is 26.6. The summed E-state index contributed by atoms with van der Waals surface area (Å²) in [7, 11) is 0. The minimum Gasteiger partial charge on any atom is -0.507 e. The second-order valence-electron chi connectivity index (χ2n) is 9.91. The molecular formula is C36H32N2O2. The van der Waals surface area contributed by atoms with Gasteiger partial charge in [0.05, 0.1) is 17.1 Å². The van der Waals surface area contributed by atoms with E-state index >= 15 is 0 Å². The van der Waals surface area contributed by atoms with Crippen molar-refractivity contribution in [1.29, 1.82) is 0 Å². The number of aromatic hydroxyl groups is 2. The van der Waals surface area contributed by atoms with Crippen molar-refractivity contribution in [2.75, 3.05) is 0 Å². The molecule has 0 bridgehead atoms. The number of aliphatic imine (C=N–C) groups is 2. The zero-order valence-corrected chi connectivity index (χ0v) is 23.2. The van der Waals surface area contributed by atoms with Gasteiger partial charge in [0.25, 0.3) is 0 Å². The lowest BCUT2D eigenvalue weighted by atomic mass is 9.95. The quantitative estimate of drug-likeness (QED) is 0.218. The van der Waals surface area contributed by atoms with Crippen LogP contribution >= 0.6 is 0 Å². The lowest BCUT2D eigenvalue weighted by Gasteiger charge is -2.18. The predicted octanol–water partition coefficient (Wildman–Crippen LogP) is 8.92. The van der Waals surface area contributed by atoms with Crippen LogP contribution < -0.4 is 0 Å². The Bertz CT molecular complexity index is 1740. The number of para-hydroxylation sites is 2. The molecule has 5 aromatic carbocycles. The molecule has 0 aliphatic heterocycles. The van der Waals surface area contributed by atoms with Gasteiger partial charge < -0.3 is 10.2 Å². The SMILES string of the molecule is Cc1c(C)c(C)c(N=C(c2ccccc2)c2ccccc2O)c(N=Cc2cccc(-c3ccccc3)c2O)c1C. The molecule has 5 aromatic rings. The van der Waals surface area contributed by atoms with Crippen LogP contribution in [0.3, 0.4) is 0 Å². The van der Waals surface area contributed by atoms with Gasteiger partial charge in [-0.3, -0.25) is 4.99 Å². The molecule has 2 N–H and O–H groups in total. The standard InChI is InChI=1S/C36H32N2O2/c1-23-24(2)26(4)34(38-35(28-16-9-6-10-17-28)31-19-11-12-21-32(31)39)33(25(23)3)37-22-29-18-13-20-30(36(29)40)27-14-7-5-8-15-27/h5-22,39-40H,1-4H3. The normalized spacial score (nSPS) is 11.8. The molecule has 0 heterocycles. The Balaban J connectivity index is 1.71. The highest BCUT2D eigenvalue weighted by atomic mass is 16.3. The molecule has 198 valence electrons. The van der Waals surface area contributed by atoms with Crippen LogP contribution in [-0.4, -0.2) is 22.1 Å². The molecule has 4 nitrogen and oxygen atoms in total. The second-order valence-corrected chi connectivity index (χ2v) is 9.91. The number of hydrogen-bond donors (Lipinski definition) is 2. The number of phenols is 2. The van der Waals surface area contributed by atoms with Gasteiger partial charge in [-0.15, -0.1) is 0 Å². The van der Waals surface area contributed by atoms with E-state index in [0.717, 1.165) is 50.3 Å². The summed E-state index contributed by atoms with van der Waals surface area (Å²) in [5.41, 5.74) is 10.3. The summed E-state index contributed by atoms with van der Waals surface area (Å²) in [6.45, 7) is 8.30. The number of nitrogens with zero attached hydrogens (tertiary/aromatic N) is 2. The average Bonchev–Trinajstić information content (AvgIpc) is 2.99. The fourth-order valence-corrected chi connectivity index (χ4v) is 4.88. The van der Waals surface area contributed by atoms with Crippen molar-refractivity contribution in [3.63, 3.8) is 0 Å². The minimum atomic E-state index is 0.163. The molecule has 0 saturated carbocycles. The van der Waals surface area contributed by atoms with Crippen LogP contribution in [0.1, 0.15) is 38.9 Å². The number of rotatable bonds is 6. The Morgan fingerprint density at radius 1 is 0.600 bits per heavy atom. The molecule has 0 atom stereocenters. The van der Waals surface area contributed by atoms with Crippen LogP contribution in [-0.2, 0) is 0 Å². The first-order chi connectivity index (χ1) is 19.4. The van der Waals surface area contributed by atoms with Crippen LogP contribution in [0, 0.1) is 27.7 Å². The van der Waals surface area contributed by atoms with Crippen LogP contribution in [0.15, 0.2) is 113 Å². The fraction of sp³-hybridized carbons (Fsp3) is 0.111. The van der Waals surface area contributed by atoms with E-state index in [9.17, 15) is 10.2 Å². The van der Waals surface area contributed by atoms with Crippen molar-refractivity contribution in [2.24, 2.45) is 9.98 Å². The Morgan fingerprint density at radius 3 is 1.88 bits per heavy atom. The van der Waals surface area contributed by atoms with Crippen molar-refractivity contribution in [1.82, 2.24) is 0 Å². The highest BCUT2D eigenvalue weighted by molar-refractivity contribution is 6.16. The molecule has 5 rings (SSSR count). The lowest BCUT2D eigenvalue weighted by molar-refractivity contribution is 0.474. The van der Waals surface area contributed by atoms with Crippen molar-refractivity contribution < 1.29 is 10.2 Å². The molecule has 0 saturated heterocycles. The van der Waals surface area contributed by atoms with E-state index in [1.54, 1.807) is 18.3 Å². The van der Waals surface area contributed by atoms with Crippen molar-refractivity contribution in [3.8, 4) is 22.6 Å². The van der Waals surface area contributed by atoms with Gasteiger partial charge in [-0.05, 0) is 73.7 Å². The summed E-state index contributed by atoms with van der Waals surface area (Å²) in [5.74, 6) is 0.343. The molecule has 0 fully saturated rings. The molecule has 0 aromatic heterocycles. The zero-order valence-electron chi connectivity index (χ0n) is 23.2. The van der Waals surface area contributed by atoms with Crippen LogP contribution in [0.2, 0.25) is 0 Å². The van der Waals surface area contributed by atoms with Crippen molar-refractivity contribution in [2.45, 2.75) is 27.7 Å². The van der Waals surface area contributed by atoms with Crippen LogP contribution in [0.4, 0.5) is 11.4 Å². The van der Waals surface area contributed by atoms with Gasteiger partial charge in [0.1, 0.15) is 11.5 Å². The third-order valence-corrected chi connectivity index (χ3v) is 7.54. The first-order valence-electron chi connectivity index (χ1n) is 13.3. The average molecular weight is 525 g/mol. The molecule has 0 amide bonds. The predicted molar refractivity (Wildman–Crippen MR) is 166 cm³/mol. The summed E-state index contributed by atoms with van der Waals surface area (Å²) < 4.78 is 0. The summed E-state index contributed by atoms with van der Waals surface area (Å²) in [6.07, 6.45) is 1.71. The van der Waals surface area contributed by atoms with E-state index in [4.69, 9.17) is 9.98 Å². The Hall–Kier alpha value is -4.96. The van der Waals surface area contributed by atoms with E-state index in [1.165, 1.54) is 0 Å². The highest BCUT2D eigenvalue weighted by Crippen LogP contribution is 2.41. The molecule has 0 aliphatic rings. The summed E-state index contributed by atoms with van der Waals surface area (Å²) in [6, 6.07) is 32.6. The van der Waals surface area contributed by atoms with Gasteiger partial charge in [-0.2, -0.15) is 0 Å². The molecule has 0 aliphatic carbocycles. The van der Waals surface area contributed by atoms with E-state index in [1.807, 2.05) is 91.0 Å². The summed E-state index contributed by atoms with van der Waals surface area (Å²) in [4.78, 5) is 10.1. The van der Waals surface area contributed by atoms with Crippen LogP contribution in [0.5, 0.6) is 11.5 Å². The molecule has 4 heteroatoms. The zero-order chi connectivity index (χ0) is 28.2. The van der Waals surface area contributed by atoms with E-state index in [0.29, 0.717) is 16.8 Å². The van der Waals surface area contributed by atoms with Crippen molar-refractivity contribution >= 4 is 23.3 Å². The van der Waals surface area contributed by atoms with E-state index in [-0.39, 0.29) is 11.5 Å². The van der Waals surface area contributed by atoms with Gasteiger partial charge >= 0.3 is 0 Å². The van der Waals surface area contributed by atoms with E-state index < -0.39 is 0 Å². The first-order valence-corrected chi connectivity index (χ1v) is 13.3. The second kappa shape index (κ2) is 11.4. The smallest absolute Gasteiger partial charge is 0.132 e. The van der Waals surface area contributed by atoms with Gasteiger partial charge in [-0.1, -0.05) is 84.9 Å². The molecule has 0 radical (unpaired) electrons. The van der Waals surface area contributed by atoms with E-state index in [2.05, 4.69) is 27.7 Å². The van der Waals surface area contributed by atoms with Gasteiger partial charge in [0, 0.05) is 28.5 Å². The maximum absolute atomic E-state index is 11.1. The fourth-order valence-electron chi connectivity index (χ4n) is 4.88. The van der Waals surface area contributed by atoms with Crippen molar-refractivity contribution in [3.05, 3.63) is 142 Å². The van der Waals surface area contributed by atoms with Crippen LogP contribution in [0.25, 0.3) is 11.1 Å². The third kappa shape index (κ3) is 5.16. The summed E-state index contributed by atoms with van der Waals surface area (Å²) >= 11 is 0. The highest BCUT2D eigenvalue weighted by Gasteiger charge is 2.18. The molecular weight excluding hydrogens is 492 g/mol. The molecule has 40 heavy (non-hydrogen) atoms. The Morgan fingerprint density at radius 2 is 1.20 bits per heavy atom. The maximum Gasteiger partial charge on any atom is 0.132 e. The largest absolute Gasteiger partial charge is 0.507 e. The van der Waals surface area contributed by atoms with Gasteiger partial charge in [0.2, 0.25) is 0 Å². The minimum absolute atomic E-state index is 0.163. The summed E-state index contributed by atoms with van der Waals surface area (Å²) in [5, 5.41) is 21.9. The maximum atomic E-state index is 11.1. The Labute approximate surface area is 235 Å². The molecule has 0 unspecified atom stereocenters. The van der Waals surface area contributed by atoms with Gasteiger partial charge in [0.15, 0.2) is 0 Å². The number of hydrogen-bond acceptors (Lipinski definition) is 4. The lowest BCUT2D eigenvalue weighted by Crippen LogP contribution is -2.04. The molecule has 0 spiro atoms. The number of benzene rings is 5. The third-order valence-electron chi connectivity index (χ3n) is 7.54. The Kier molecular flexibility index (Phi) is 7.61.